The highest BCUT2D eigenvalue weighted by Gasteiger charge is 2.35. The van der Waals surface area contributed by atoms with Crippen molar-refractivity contribution in [2.75, 3.05) is 6.54 Å². The quantitative estimate of drug-likeness (QED) is 0.568. The van der Waals surface area contributed by atoms with E-state index in [1.807, 2.05) is 44.2 Å². The number of carbonyl (C=O) groups excluding carboxylic acids is 1. The summed E-state index contributed by atoms with van der Waals surface area (Å²) >= 11 is 5.91. The van der Waals surface area contributed by atoms with E-state index in [1.54, 1.807) is 4.90 Å². The molecule has 1 saturated heterocycles. The third-order valence-corrected chi connectivity index (χ3v) is 3.78. The Bertz CT molecular complexity index is 578. The lowest BCUT2D eigenvalue weighted by atomic mass is 9.95. The van der Waals surface area contributed by atoms with Gasteiger partial charge < -0.3 is 4.90 Å². The topological polar surface area (TPSA) is 20.3 Å². The first-order valence-corrected chi connectivity index (χ1v) is 6.60. The zero-order valence-electron chi connectivity index (χ0n) is 11.1. The monoisotopic (exact) mass is 273 g/mol. The number of amides is 1. The van der Waals surface area contributed by atoms with Crippen LogP contribution in [0.2, 0.25) is 5.02 Å². The van der Waals surface area contributed by atoms with Crippen molar-refractivity contribution in [2.45, 2.75) is 25.8 Å². The van der Waals surface area contributed by atoms with E-state index in [-0.39, 0.29) is 5.54 Å². The Hall–Kier alpha value is -1.72. The molecule has 0 N–H and O–H groups in total. The second-order valence-electron chi connectivity index (χ2n) is 5.06. The predicted molar refractivity (Wildman–Crippen MR) is 77.9 cm³/mol. The van der Waals surface area contributed by atoms with Crippen molar-refractivity contribution in [3.8, 4) is 11.8 Å². The largest absolute Gasteiger partial charge is 0.336 e. The van der Waals surface area contributed by atoms with Crippen LogP contribution in [0, 0.1) is 11.8 Å². The number of halogens is 1. The van der Waals surface area contributed by atoms with E-state index >= 15 is 0 Å². The van der Waals surface area contributed by atoms with Crippen LogP contribution in [0.3, 0.4) is 0 Å². The van der Waals surface area contributed by atoms with E-state index in [0.29, 0.717) is 5.02 Å². The van der Waals surface area contributed by atoms with Gasteiger partial charge in [0.25, 0.3) is 0 Å². The van der Waals surface area contributed by atoms with E-state index in [4.69, 9.17) is 11.6 Å². The Balaban J connectivity index is 2.19. The highest BCUT2D eigenvalue weighted by atomic mass is 35.5. The van der Waals surface area contributed by atoms with E-state index in [1.165, 1.54) is 5.57 Å². The number of benzene rings is 1. The standard InChI is InChI=1S/C16H16ClNO/c1-16(2)14(9-10-18(16)12-19)7-3-5-13-6-4-8-15(17)11-13/h4,6-8,11-12H,9-10H2,1-2H3/b14-7+. The van der Waals surface area contributed by atoms with Crippen LogP contribution in [-0.4, -0.2) is 23.4 Å². The summed E-state index contributed by atoms with van der Waals surface area (Å²) in [4.78, 5) is 12.8. The molecule has 1 aromatic carbocycles. The van der Waals surface area contributed by atoms with Gasteiger partial charge in [-0.15, -0.1) is 0 Å². The molecule has 0 aliphatic carbocycles. The van der Waals surface area contributed by atoms with Crippen molar-refractivity contribution >= 4 is 18.0 Å². The highest BCUT2D eigenvalue weighted by molar-refractivity contribution is 6.30. The van der Waals surface area contributed by atoms with E-state index in [2.05, 4.69) is 11.8 Å². The van der Waals surface area contributed by atoms with Crippen molar-refractivity contribution in [1.82, 2.24) is 4.90 Å². The van der Waals surface area contributed by atoms with E-state index < -0.39 is 0 Å². The minimum Gasteiger partial charge on any atom is -0.336 e. The molecule has 1 amide bonds. The Morgan fingerprint density at radius 2 is 2.21 bits per heavy atom. The molecule has 3 heteroatoms. The van der Waals surface area contributed by atoms with Gasteiger partial charge in [0.15, 0.2) is 0 Å². The summed E-state index contributed by atoms with van der Waals surface area (Å²) in [5.41, 5.74) is 1.85. The van der Waals surface area contributed by atoms with Gasteiger partial charge in [-0.1, -0.05) is 29.5 Å². The lowest BCUT2D eigenvalue weighted by molar-refractivity contribution is -0.120. The minimum atomic E-state index is -0.231. The number of hydrogen-bond donors (Lipinski definition) is 0. The summed E-state index contributed by atoms with van der Waals surface area (Å²) in [6.45, 7) is 4.85. The zero-order chi connectivity index (χ0) is 13.9. The van der Waals surface area contributed by atoms with Gasteiger partial charge in [-0.2, -0.15) is 0 Å². The maximum atomic E-state index is 10.9. The fourth-order valence-corrected chi connectivity index (χ4v) is 2.41. The molecule has 0 aromatic heterocycles. The van der Waals surface area contributed by atoms with Crippen molar-refractivity contribution in [3.63, 3.8) is 0 Å². The first-order valence-electron chi connectivity index (χ1n) is 6.22. The number of hydrogen-bond acceptors (Lipinski definition) is 1. The molecule has 1 aromatic rings. The third-order valence-electron chi connectivity index (χ3n) is 3.54. The maximum Gasteiger partial charge on any atom is 0.210 e. The molecular weight excluding hydrogens is 258 g/mol. The molecule has 2 nitrogen and oxygen atoms in total. The van der Waals surface area contributed by atoms with Crippen molar-refractivity contribution in [1.29, 1.82) is 0 Å². The Morgan fingerprint density at radius 3 is 2.84 bits per heavy atom. The van der Waals surface area contributed by atoms with Gasteiger partial charge >= 0.3 is 0 Å². The molecule has 0 bridgehead atoms. The second-order valence-corrected chi connectivity index (χ2v) is 5.49. The molecule has 0 unspecified atom stereocenters. The van der Waals surface area contributed by atoms with Crippen molar-refractivity contribution < 1.29 is 4.79 Å². The lowest BCUT2D eigenvalue weighted by Gasteiger charge is -2.28. The summed E-state index contributed by atoms with van der Waals surface area (Å²) < 4.78 is 0. The van der Waals surface area contributed by atoms with Crippen LogP contribution in [0.15, 0.2) is 35.9 Å². The molecule has 0 radical (unpaired) electrons. The van der Waals surface area contributed by atoms with Gasteiger partial charge in [0, 0.05) is 17.1 Å². The van der Waals surface area contributed by atoms with Crippen LogP contribution in [0.4, 0.5) is 0 Å². The minimum absolute atomic E-state index is 0.231. The lowest BCUT2D eigenvalue weighted by Crippen LogP contribution is -2.37. The zero-order valence-corrected chi connectivity index (χ0v) is 11.9. The number of likely N-dealkylation sites (tertiary alicyclic amines) is 1. The third kappa shape index (κ3) is 3.00. The summed E-state index contributed by atoms with van der Waals surface area (Å²) in [5.74, 6) is 6.12. The normalized spacial score (nSPS) is 19.1. The van der Waals surface area contributed by atoms with Crippen LogP contribution in [0.1, 0.15) is 25.8 Å². The summed E-state index contributed by atoms with van der Waals surface area (Å²) in [6.07, 6.45) is 3.71. The number of carbonyl (C=O) groups is 1. The molecule has 0 atom stereocenters. The maximum absolute atomic E-state index is 10.9. The fourth-order valence-electron chi connectivity index (χ4n) is 2.22. The first-order chi connectivity index (χ1) is 9.04. The fraction of sp³-hybridized carbons (Fsp3) is 0.312. The summed E-state index contributed by atoms with van der Waals surface area (Å²) in [7, 11) is 0. The molecule has 1 heterocycles. The molecule has 0 saturated carbocycles. The molecular formula is C16H16ClNO. The van der Waals surface area contributed by atoms with Crippen molar-refractivity contribution in [2.24, 2.45) is 0 Å². The van der Waals surface area contributed by atoms with E-state index in [9.17, 15) is 4.79 Å². The van der Waals surface area contributed by atoms with Crippen LogP contribution in [0.25, 0.3) is 0 Å². The molecule has 0 spiro atoms. The molecule has 19 heavy (non-hydrogen) atoms. The number of nitrogens with zero attached hydrogens (tertiary/aromatic N) is 1. The van der Waals surface area contributed by atoms with Crippen molar-refractivity contribution in [3.05, 3.63) is 46.5 Å². The molecule has 1 fully saturated rings. The second kappa shape index (κ2) is 5.50. The van der Waals surface area contributed by atoms with Gasteiger partial charge in [-0.3, -0.25) is 4.79 Å². The highest BCUT2D eigenvalue weighted by Crippen LogP contribution is 2.32. The average Bonchev–Trinajstić information content (AvgIpc) is 2.64. The molecule has 1 aliphatic heterocycles. The van der Waals surface area contributed by atoms with Crippen LogP contribution in [0.5, 0.6) is 0 Å². The first kappa shape index (κ1) is 13.7. The van der Waals surface area contributed by atoms with Gasteiger partial charge in [0.2, 0.25) is 6.41 Å². The van der Waals surface area contributed by atoms with Crippen LogP contribution < -0.4 is 0 Å². The molecule has 1 aliphatic rings. The predicted octanol–water partition coefficient (Wildman–Crippen LogP) is 3.26. The molecule has 98 valence electrons. The summed E-state index contributed by atoms with van der Waals surface area (Å²) in [6, 6.07) is 7.47. The van der Waals surface area contributed by atoms with Gasteiger partial charge in [-0.25, -0.2) is 0 Å². The molecule has 2 rings (SSSR count). The summed E-state index contributed by atoms with van der Waals surface area (Å²) in [5, 5.41) is 0.688. The van der Waals surface area contributed by atoms with E-state index in [0.717, 1.165) is 24.9 Å². The van der Waals surface area contributed by atoms with Gasteiger partial charge in [-0.05, 0) is 50.1 Å². The Labute approximate surface area is 119 Å². The Morgan fingerprint density at radius 1 is 1.42 bits per heavy atom. The number of rotatable bonds is 1. The number of allylic oxidation sites excluding steroid dienone is 1. The Kier molecular flexibility index (Phi) is 3.97. The van der Waals surface area contributed by atoms with Gasteiger partial charge in [0.05, 0.1) is 5.54 Å². The van der Waals surface area contributed by atoms with Crippen LogP contribution >= 0.6 is 11.6 Å². The smallest absolute Gasteiger partial charge is 0.210 e. The average molecular weight is 274 g/mol. The van der Waals surface area contributed by atoms with Crippen LogP contribution in [-0.2, 0) is 4.79 Å². The SMILES string of the molecule is CC1(C)/C(=C/C#Cc2cccc(Cl)c2)CCN1C=O. The van der Waals surface area contributed by atoms with Gasteiger partial charge in [0.1, 0.15) is 0 Å².